The van der Waals surface area contributed by atoms with Crippen molar-refractivity contribution in [2.24, 2.45) is 4.99 Å². The van der Waals surface area contributed by atoms with Gasteiger partial charge in [0.25, 0.3) is 0 Å². The van der Waals surface area contributed by atoms with Gasteiger partial charge >= 0.3 is 0 Å². The van der Waals surface area contributed by atoms with Crippen molar-refractivity contribution >= 4 is 6.08 Å². The first-order chi connectivity index (χ1) is 14.3. The predicted octanol–water partition coefficient (Wildman–Crippen LogP) is 7.76. The molecule has 3 nitrogen and oxygen atoms in total. The highest BCUT2D eigenvalue weighted by molar-refractivity contribution is 5.32. The van der Waals surface area contributed by atoms with E-state index in [4.69, 9.17) is 5.11 Å². The van der Waals surface area contributed by atoms with Crippen LogP contribution in [0.4, 0.5) is 0 Å². The van der Waals surface area contributed by atoms with Crippen molar-refractivity contribution in [3.05, 3.63) is 35.9 Å². The number of hydrogen-bond acceptors (Lipinski definition) is 3. The largest absolute Gasteiger partial charge is 0.392 e. The lowest BCUT2D eigenvalue weighted by atomic mass is 10.0. The molecular weight excluding hydrogens is 358 g/mol. The number of benzene rings is 1. The third-order valence-electron chi connectivity index (χ3n) is 5.21. The molecule has 1 aromatic carbocycles. The zero-order valence-electron chi connectivity index (χ0n) is 18.9. The van der Waals surface area contributed by atoms with Gasteiger partial charge in [-0.2, -0.15) is 0 Å². The summed E-state index contributed by atoms with van der Waals surface area (Å²) in [5.41, 5.74) is 0.965. The van der Waals surface area contributed by atoms with Crippen molar-refractivity contribution in [3.8, 4) is 0 Å². The molecule has 1 aromatic rings. The van der Waals surface area contributed by atoms with E-state index in [-0.39, 0.29) is 6.61 Å². The van der Waals surface area contributed by atoms with E-state index in [1.54, 1.807) is 6.08 Å². The molecular formula is C26H45NO2. The summed E-state index contributed by atoms with van der Waals surface area (Å²) in [5.74, 6) is 0. The Labute approximate surface area is 180 Å². The number of unbranched alkanes of at least 4 members (excludes halogenated alkanes) is 15. The van der Waals surface area contributed by atoms with Crippen LogP contribution in [-0.4, -0.2) is 17.7 Å². The lowest BCUT2D eigenvalue weighted by Gasteiger charge is -2.03. The highest BCUT2D eigenvalue weighted by Gasteiger charge is 1.94. The summed E-state index contributed by atoms with van der Waals surface area (Å²) < 4.78 is 0. The maximum Gasteiger partial charge on any atom is 0.234 e. The topological polar surface area (TPSA) is 49.7 Å². The van der Waals surface area contributed by atoms with Crippen molar-refractivity contribution in [2.45, 2.75) is 116 Å². The Kier molecular flexibility index (Phi) is 23.4. The highest BCUT2D eigenvalue weighted by Crippen LogP contribution is 2.13. The molecule has 0 saturated carbocycles. The van der Waals surface area contributed by atoms with Gasteiger partial charge in [0.1, 0.15) is 0 Å². The van der Waals surface area contributed by atoms with Crippen LogP contribution >= 0.6 is 0 Å². The molecule has 0 atom stereocenters. The maximum atomic E-state index is 9.87. The lowest BCUT2D eigenvalue weighted by molar-refractivity contribution is 0.282. The van der Waals surface area contributed by atoms with Crippen LogP contribution < -0.4 is 0 Å². The van der Waals surface area contributed by atoms with Crippen LogP contribution in [0.2, 0.25) is 0 Å². The van der Waals surface area contributed by atoms with Crippen molar-refractivity contribution in [1.29, 1.82) is 0 Å². The minimum atomic E-state index is 0.140. The van der Waals surface area contributed by atoms with Crippen molar-refractivity contribution in [1.82, 2.24) is 0 Å². The van der Waals surface area contributed by atoms with Crippen LogP contribution in [0.25, 0.3) is 0 Å². The molecule has 0 bridgehead atoms. The first-order valence-electron chi connectivity index (χ1n) is 12.0. The van der Waals surface area contributed by atoms with E-state index in [1.807, 2.05) is 30.3 Å². The van der Waals surface area contributed by atoms with E-state index in [0.29, 0.717) is 6.54 Å². The molecule has 0 saturated heterocycles. The first kappa shape index (κ1) is 27.6. The minimum Gasteiger partial charge on any atom is -0.392 e. The van der Waals surface area contributed by atoms with Crippen LogP contribution in [0.5, 0.6) is 0 Å². The Hall–Kier alpha value is -1.44. The van der Waals surface area contributed by atoms with Crippen molar-refractivity contribution in [3.63, 3.8) is 0 Å². The summed E-state index contributed by atoms with van der Waals surface area (Å²) in [6.07, 6.45) is 23.6. The summed E-state index contributed by atoms with van der Waals surface area (Å²) >= 11 is 0. The van der Waals surface area contributed by atoms with Gasteiger partial charge in [0, 0.05) is 0 Å². The van der Waals surface area contributed by atoms with E-state index in [0.717, 1.165) is 12.0 Å². The zero-order chi connectivity index (χ0) is 21.3. The van der Waals surface area contributed by atoms with Gasteiger partial charge in [-0.05, 0) is 12.0 Å². The molecule has 1 rings (SSSR count). The molecule has 0 amide bonds. The molecule has 0 aliphatic carbocycles. The second-order valence-electron chi connectivity index (χ2n) is 7.92. The average Bonchev–Trinajstić information content (AvgIpc) is 2.77. The van der Waals surface area contributed by atoms with Gasteiger partial charge in [-0.25, -0.2) is 9.79 Å². The van der Waals surface area contributed by atoms with E-state index in [9.17, 15) is 4.79 Å². The number of carbonyl (C=O) groups excluding carboxylic acids is 1. The van der Waals surface area contributed by atoms with Gasteiger partial charge in [0.05, 0.1) is 13.2 Å². The summed E-state index contributed by atoms with van der Waals surface area (Å²) in [6.45, 7) is 3.09. The molecule has 0 fully saturated rings. The fourth-order valence-electron chi connectivity index (χ4n) is 3.37. The third-order valence-corrected chi connectivity index (χ3v) is 5.21. The number of aliphatic hydroxyl groups is 1. The molecule has 3 heteroatoms. The second kappa shape index (κ2) is 24.6. The summed E-state index contributed by atoms with van der Waals surface area (Å²) in [4.78, 5) is 13.4. The fraction of sp³-hybridized carbons (Fsp3) is 0.731. The molecule has 0 aliphatic heterocycles. The Morgan fingerprint density at radius 3 is 1.45 bits per heavy atom. The third kappa shape index (κ3) is 22.7. The van der Waals surface area contributed by atoms with E-state index < -0.39 is 0 Å². The minimum absolute atomic E-state index is 0.140. The number of nitrogens with zero attached hydrogens (tertiary/aromatic N) is 1. The number of aliphatic hydroxyl groups excluding tert-OH is 1. The standard InChI is InChI=1S/C19H37NO.C7H8O/c1-2-3-4-5-6-7-8-9-10-11-12-13-14-15-16-17-18-20-19-21;8-6-7-4-2-1-3-5-7/h2-18H2,1H3;1-5,8H,6H2. The Bertz CT molecular complexity index is 469. The highest BCUT2D eigenvalue weighted by atomic mass is 16.3. The molecule has 0 unspecified atom stereocenters. The molecule has 0 spiro atoms. The Morgan fingerprint density at radius 1 is 0.690 bits per heavy atom. The van der Waals surface area contributed by atoms with Crippen LogP contribution in [0, 0.1) is 0 Å². The molecule has 0 heterocycles. The van der Waals surface area contributed by atoms with E-state index >= 15 is 0 Å². The van der Waals surface area contributed by atoms with Gasteiger partial charge in [0.2, 0.25) is 6.08 Å². The number of rotatable bonds is 18. The average molecular weight is 404 g/mol. The smallest absolute Gasteiger partial charge is 0.234 e. The molecule has 0 aliphatic rings. The fourth-order valence-corrected chi connectivity index (χ4v) is 3.37. The van der Waals surface area contributed by atoms with Crippen LogP contribution in [0.1, 0.15) is 115 Å². The van der Waals surface area contributed by atoms with Crippen LogP contribution in [0.15, 0.2) is 35.3 Å². The Morgan fingerprint density at radius 2 is 1.10 bits per heavy atom. The van der Waals surface area contributed by atoms with Gasteiger partial charge in [-0.1, -0.05) is 134 Å². The van der Waals surface area contributed by atoms with Crippen LogP contribution in [-0.2, 0) is 11.4 Å². The van der Waals surface area contributed by atoms with Crippen LogP contribution in [0.3, 0.4) is 0 Å². The first-order valence-corrected chi connectivity index (χ1v) is 12.0. The SMILES string of the molecule is CCCCCCCCCCCCCCCCCCN=C=O.OCc1ccccc1. The monoisotopic (exact) mass is 403 g/mol. The second-order valence-corrected chi connectivity index (χ2v) is 7.92. The molecule has 0 aromatic heterocycles. The quantitative estimate of drug-likeness (QED) is 0.155. The summed E-state index contributed by atoms with van der Waals surface area (Å²) in [5, 5.41) is 8.54. The molecule has 1 N–H and O–H groups in total. The Balaban J connectivity index is 0.000000807. The van der Waals surface area contributed by atoms with Gasteiger partial charge < -0.3 is 5.11 Å². The molecule has 0 radical (unpaired) electrons. The molecule has 166 valence electrons. The number of isocyanates is 1. The summed E-state index contributed by atoms with van der Waals surface area (Å²) in [6, 6.07) is 9.52. The normalized spacial score (nSPS) is 10.1. The lowest BCUT2D eigenvalue weighted by Crippen LogP contribution is -1.84. The zero-order valence-corrected chi connectivity index (χ0v) is 18.9. The number of aliphatic imine (C=N–C) groups is 1. The van der Waals surface area contributed by atoms with Gasteiger partial charge in [0.15, 0.2) is 0 Å². The molecule has 29 heavy (non-hydrogen) atoms. The van der Waals surface area contributed by atoms with Gasteiger partial charge in [-0.3, -0.25) is 0 Å². The summed E-state index contributed by atoms with van der Waals surface area (Å²) in [7, 11) is 0. The predicted molar refractivity (Wildman–Crippen MR) is 125 cm³/mol. The van der Waals surface area contributed by atoms with E-state index in [1.165, 1.54) is 96.3 Å². The van der Waals surface area contributed by atoms with Crippen molar-refractivity contribution in [2.75, 3.05) is 6.54 Å². The van der Waals surface area contributed by atoms with Crippen molar-refractivity contribution < 1.29 is 9.90 Å². The number of hydrogen-bond donors (Lipinski definition) is 1. The maximum absolute atomic E-state index is 9.87. The van der Waals surface area contributed by atoms with E-state index in [2.05, 4.69) is 11.9 Å². The van der Waals surface area contributed by atoms with Gasteiger partial charge in [-0.15, -0.1) is 0 Å².